The first-order chi connectivity index (χ1) is 8.77. The molecule has 1 aromatic heterocycles. The van der Waals surface area contributed by atoms with Crippen molar-refractivity contribution in [2.24, 2.45) is 5.14 Å². The molecule has 3 nitrogen and oxygen atoms in total. The summed E-state index contributed by atoms with van der Waals surface area (Å²) in [7, 11) is -1.47. The zero-order chi connectivity index (χ0) is 14.6. The third-order valence-electron chi connectivity index (χ3n) is 3.01. The SMILES string of the molecule is C=CC[C@@H](CC(C)(C)S(N)=O)c1cc(Br)cnc1F. The van der Waals surface area contributed by atoms with Crippen molar-refractivity contribution in [1.29, 1.82) is 0 Å². The Bertz CT molecular complexity index is 494. The topological polar surface area (TPSA) is 56.0 Å². The summed E-state index contributed by atoms with van der Waals surface area (Å²) in [6.07, 6.45) is 4.21. The predicted octanol–water partition coefficient (Wildman–Crippen LogP) is 3.43. The van der Waals surface area contributed by atoms with Crippen molar-refractivity contribution in [2.75, 3.05) is 0 Å². The molecule has 6 heteroatoms. The second-order valence-corrected chi connectivity index (χ2v) is 7.63. The van der Waals surface area contributed by atoms with Crippen LogP contribution in [-0.4, -0.2) is 13.9 Å². The number of nitrogens with two attached hydrogens (primary N) is 1. The molecule has 1 rings (SSSR count). The minimum Gasteiger partial charge on any atom is -0.251 e. The minimum atomic E-state index is -1.47. The van der Waals surface area contributed by atoms with Gasteiger partial charge in [-0.1, -0.05) is 6.08 Å². The number of rotatable bonds is 6. The molecule has 2 atom stereocenters. The normalized spacial score (nSPS) is 15.0. The Morgan fingerprint density at radius 1 is 1.68 bits per heavy atom. The first-order valence-electron chi connectivity index (χ1n) is 5.86. The van der Waals surface area contributed by atoms with Gasteiger partial charge in [0.15, 0.2) is 0 Å². The molecule has 0 aromatic carbocycles. The molecule has 0 aliphatic rings. The van der Waals surface area contributed by atoms with Crippen molar-refractivity contribution in [1.82, 2.24) is 4.98 Å². The summed E-state index contributed by atoms with van der Waals surface area (Å²) in [5.74, 6) is -0.654. The van der Waals surface area contributed by atoms with Crippen molar-refractivity contribution >= 4 is 26.9 Å². The smallest absolute Gasteiger partial charge is 0.216 e. The van der Waals surface area contributed by atoms with E-state index < -0.39 is 21.7 Å². The van der Waals surface area contributed by atoms with Crippen LogP contribution in [0.5, 0.6) is 0 Å². The molecule has 2 N–H and O–H groups in total. The summed E-state index contributed by atoms with van der Waals surface area (Å²) in [6.45, 7) is 7.31. The lowest BCUT2D eigenvalue weighted by Gasteiger charge is -2.27. The number of hydrogen-bond donors (Lipinski definition) is 1. The van der Waals surface area contributed by atoms with Crippen LogP contribution in [0.4, 0.5) is 4.39 Å². The van der Waals surface area contributed by atoms with E-state index in [2.05, 4.69) is 27.5 Å². The number of aromatic nitrogens is 1. The maximum Gasteiger partial charge on any atom is 0.216 e. The van der Waals surface area contributed by atoms with Crippen molar-refractivity contribution in [3.05, 3.63) is 40.9 Å². The molecular weight excluding hydrogens is 331 g/mol. The summed E-state index contributed by atoms with van der Waals surface area (Å²) in [5, 5.41) is 5.49. The van der Waals surface area contributed by atoms with Crippen LogP contribution in [0.2, 0.25) is 0 Å². The lowest BCUT2D eigenvalue weighted by Crippen LogP contribution is -2.33. The van der Waals surface area contributed by atoms with Gasteiger partial charge in [-0.05, 0) is 54.6 Å². The highest BCUT2D eigenvalue weighted by molar-refractivity contribution is 9.10. The molecule has 0 saturated heterocycles. The van der Waals surface area contributed by atoms with E-state index in [0.29, 0.717) is 22.9 Å². The zero-order valence-corrected chi connectivity index (χ0v) is 13.4. The third-order valence-corrected chi connectivity index (χ3v) is 4.70. The summed E-state index contributed by atoms with van der Waals surface area (Å²) < 4.78 is 25.5. The van der Waals surface area contributed by atoms with Crippen molar-refractivity contribution in [2.45, 2.75) is 37.4 Å². The number of nitrogens with zero attached hydrogens (tertiary/aromatic N) is 1. The lowest BCUT2D eigenvalue weighted by molar-refractivity contribution is 0.485. The van der Waals surface area contributed by atoms with Crippen LogP contribution in [0.25, 0.3) is 0 Å². The maximum absolute atomic E-state index is 13.8. The Kier molecular flexibility index (Phi) is 5.82. The van der Waals surface area contributed by atoms with Gasteiger partial charge in [0, 0.05) is 16.2 Å². The van der Waals surface area contributed by atoms with Crippen LogP contribution in [0, 0.1) is 5.95 Å². The van der Waals surface area contributed by atoms with E-state index in [1.165, 1.54) is 6.20 Å². The lowest BCUT2D eigenvalue weighted by atomic mass is 9.88. The summed E-state index contributed by atoms with van der Waals surface area (Å²) in [6, 6.07) is 1.70. The van der Waals surface area contributed by atoms with Gasteiger partial charge in [-0.2, -0.15) is 4.39 Å². The maximum atomic E-state index is 13.8. The predicted molar refractivity (Wildman–Crippen MR) is 80.5 cm³/mol. The van der Waals surface area contributed by atoms with Gasteiger partial charge in [-0.15, -0.1) is 6.58 Å². The summed E-state index contributed by atoms with van der Waals surface area (Å²) in [5.41, 5.74) is 0.493. The van der Waals surface area contributed by atoms with E-state index in [4.69, 9.17) is 5.14 Å². The molecule has 0 aliphatic heterocycles. The molecule has 0 fully saturated rings. The van der Waals surface area contributed by atoms with Crippen LogP contribution < -0.4 is 5.14 Å². The fourth-order valence-corrected chi connectivity index (χ4v) is 2.64. The Morgan fingerprint density at radius 2 is 2.32 bits per heavy atom. The monoisotopic (exact) mass is 348 g/mol. The van der Waals surface area contributed by atoms with Crippen molar-refractivity contribution in [3.8, 4) is 0 Å². The Morgan fingerprint density at radius 3 is 2.84 bits per heavy atom. The van der Waals surface area contributed by atoms with E-state index in [-0.39, 0.29) is 5.92 Å². The van der Waals surface area contributed by atoms with Gasteiger partial charge >= 0.3 is 0 Å². The second-order valence-electron chi connectivity index (χ2n) is 5.02. The van der Waals surface area contributed by atoms with Crippen LogP contribution in [0.3, 0.4) is 0 Å². The van der Waals surface area contributed by atoms with Crippen LogP contribution in [-0.2, 0) is 11.0 Å². The van der Waals surface area contributed by atoms with Crippen molar-refractivity contribution < 1.29 is 8.60 Å². The molecule has 0 bridgehead atoms. The fourth-order valence-electron chi connectivity index (χ4n) is 1.92. The first-order valence-corrected chi connectivity index (χ1v) is 7.86. The molecule has 19 heavy (non-hydrogen) atoms. The van der Waals surface area contributed by atoms with E-state index in [1.807, 2.05) is 13.8 Å². The van der Waals surface area contributed by atoms with Gasteiger partial charge in [-0.25, -0.2) is 9.19 Å². The second kappa shape index (κ2) is 6.72. The van der Waals surface area contributed by atoms with Gasteiger partial charge in [0.25, 0.3) is 0 Å². The highest BCUT2D eigenvalue weighted by atomic mass is 79.9. The molecule has 106 valence electrons. The van der Waals surface area contributed by atoms with Gasteiger partial charge in [0.1, 0.15) is 0 Å². The average molecular weight is 349 g/mol. The van der Waals surface area contributed by atoms with Crippen LogP contribution in [0.15, 0.2) is 29.4 Å². The molecule has 1 aromatic rings. The van der Waals surface area contributed by atoms with Gasteiger partial charge in [0.05, 0.1) is 15.7 Å². The third kappa shape index (κ3) is 4.47. The largest absolute Gasteiger partial charge is 0.251 e. The molecule has 0 saturated carbocycles. The van der Waals surface area contributed by atoms with Gasteiger partial charge in [0.2, 0.25) is 5.95 Å². The molecule has 0 spiro atoms. The average Bonchev–Trinajstić information content (AvgIpc) is 2.31. The number of hydrogen-bond acceptors (Lipinski definition) is 2. The highest BCUT2D eigenvalue weighted by Gasteiger charge is 2.29. The van der Waals surface area contributed by atoms with E-state index >= 15 is 0 Å². The molecular formula is C13H18BrFN2OS. The molecule has 0 radical (unpaired) electrons. The molecule has 1 heterocycles. The van der Waals surface area contributed by atoms with E-state index in [0.717, 1.165) is 0 Å². The Labute approximate surface area is 124 Å². The van der Waals surface area contributed by atoms with Gasteiger partial charge in [-0.3, -0.25) is 5.14 Å². The van der Waals surface area contributed by atoms with E-state index in [1.54, 1.807) is 12.1 Å². The Balaban J connectivity index is 3.10. The number of halogens is 2. The Hall–Kier alpha value is -0.590. The van der Waals surface area contributed by atoms with E-state index in [9.17, 15) is 8.60 Å². The molecule has 1 unspecified atom stereocenters. The molecule has 0 aliphatic carbocycles. The fraction of sp³-hybridized carbons (Fsp3) is 0.462. The first kappa shape index (κ1) is 16.5. The summed E-state index contributed by atoms with van der Waals surface area (Å²) >= 11 is 3.28. The number of allylic oxidation sites excluding steroid dienone is 1. The van der Waals surface area contributed by atoms with Crippen LogP contribution in [0.1, 0.15) is 38.2 Å². The molecule has 0 amide bonds. The highest BCUT2D eigenvalue weighted by Crippen LogP contribution is 2.33. The zero-order valence-electron chi connectivity index (χ0n) is 11.0. The van der Waals surface area contributed by atoms with Crippen molar-refractivity contribution in [3.63, 3.8) is 0 Å². The quantitative estimate of drug-likeness (QED) is 0.632. The standard InChI is InChI=1S/C13H18BrFN2OS/c1-4-5-9(7-13(2,3)19(16)18)11-6-10(14)8-17-12(11)15/h4,6,8-9H,1,5,7,16H2,2-3H3/t9-,19?/m0/s1. The minimum absolute atomic E-state index is 0.148. The number of pyridine rings is 1. The summed E-state index contributed by atoms with van der Waals surface area (Å²) in [4.78, 5) is 3.70. The van der Waals surface area contributed by atoms with Crippen LogP contribution >= 0.6 is 15.9 Å². The van der Waals surface area contributed by atoms with Gasteiger partial charge < -0.3 is 0 Å².